The lowest BCUT2D eigenvalue weighted by molar-refractivity contribution is 0.408. The lowest BCUT2D eigenvalue weighted by Gasteiger charge is -2.05. The summed E-state index contributed by atoms with van der Waals surface area (Å²) in [6, 6.07) is 11.1. The molecule has 1 heterocycles. The molecule has 3 rings (SSSR count). The van der Waals surface area contributed by atoms with Crippen LogP contribution in [0.15, 0.2) is 42.5 Å². The van der Waals surface area contributed by atoms with Gasteiger partial charge in [0, 0.05) is 11.1 Å². The van der Waals surface area contributed by atoms with Crippen molar-refractivity contribution in [1.82, 2.24) is 0 Å². The average Bonchev–Trinajstić information content (AvgIpc) is 3.13. The smallest absolute Gasteiger partial charge is 0.131 e. The summed E-state index contributed by atoms with van der Waals surface area (Å²) in [6.07, 6.45) is -0.121. The van der Waals surface area contributed by atoms with Gasteiger partial charge in [-0.2, -0.15) is 0 Å². The normalized spacial score (nSPS) is 18.1. The zero-order valence-corrected chi connectivity index (χ0v) is 8.99. The minimum absolute atomic E-state index is 0.121. The highest BCUT2D eigenvalue weighted by atomic mass is 19.1. The van der Waals surface area contributed by atoms with Crippen LogP contribution in [0.4, 0.5) is 8.78 Å². The summed E-state index contributed by atoms with van der Waals surface area (Å²) in [6.45, 7) is 0.565. The molecule has 0 aromatic heterocycles. The SMILES string of the molecule is Fc1ccccc1-c1ccc(C2CO2)c(F)c1. The monoisotopic (exact) mass is 232 g/mol. The molecule has 0 saturated carbocycles. The lowest BCUT2D eigenvalue weighted by atomic mass is 10.0. The Morgan fingerprint density at radius 2 is 1.76 bits per heavy atom. The van der Waals surface area contributed by atoms with Gasteiger partial charge in [-0.1, -0.05) is 30.3 Å². The van der Waals surface area contributed by atoms with Gasteiger partial charge in [0.25, 0.3) is 0 Å². The van der Waals surface area contributed by atoms with Crippen LogP contribution in [0.2, 0.25) is 0 Å². The van der Waals surface area contributed by atoms with E-state index < -0.39 is 0 Å². The Bertz CT molecular complexity index is 562. The predicted molar refractivity (Wildman–Crippen MR) is 60.5 cm³/mol. The lowest BCUT2D eigenvalue weighted by Crippen LogP contribution is -1.90. The summed E-state index contributed by atoms with van der Waals surface area (Å²) in [5.41, 5.74) is 1.50. The van der Waals surface area contributed by atoms with Crippen LogP contribution in [0.25, 0.3) is 11.1 Å². The van der Waals surface area contributed by atoms with Crippen LogP contribution < -0.4 is 0 Å². The number of benzene rings is 2. The molecular formula is C14H10F2O. The zero-order valence-electron chi connectivity index (χ0n) is 8.99. The van der Waals surface area contributed by atoms with E-state index in [1.807, 2.05) is 0 Å². The first-order valence-electron chi connectivity index (χ1n) is 5.41. The number of hydrogen-bond donors (Lipinski definition) is 0. The number of epoxide rings is 1. The summed E-state index contributed by atoms with van der Waals surface area (Å²) < 4.78 is 32.3. The minimum atomic E-state index is -0.345. The van der Waals surface area contributed by atoms with E-state index in [4.69, 9.17) is 4.74 Å². The van der Waals surface area contributed by atoms with E-state index in [-0.39, 0.29) is 17.7 Å². The van der Waals surface area contributed by atoms with Crippen LogP contribution in [0.3, 0.4) is 0 Å². The van der Waals surface area contributed by atoms with Gasteiger partial charge in [-0.3, -0.25) is 0 Å². The first kappa shape index (κ1) is 10.4. The fourth-order valence-electron chi connectivity index (χ4n) is 1.88. The Hall–Kier alpha value is -1.74. The molecule has 1 saturated heterocycles. The topological polar surface area (TPSA) is 12.5 Å². The van der Waals surface area contributed by atoms with Crippen LogP contribution in [0.1, 0.15) is 11.7 Å². The van der Waals surface area contributed by atoms with Crippen LogP contribution >= 0.6 is 0 Å². The van der Waals surface area contributed by atoms with Gasteiger partial charge in [0.05, 0.1) is 6.61 Å². The molecule has 0 amide bonds. The summed E-state index contributed by atoms with van der Waals surface area (Å²) >= 11 is 0. The van der Waals surface area contributed by atoms with E-state index in [0.717, 1.165) is 0 Å². The molecule has 0 bridgehead atoms. The molecule has 3 heteroatoms. The molecule has 2 aromatic rings. The molecule has 1 nitrogen and oxygen atoms in total. The molecule has 0 N–H and O–H groups in total. The fourth-order valence-corrected chi connectivity index (χ4v) is 1.88. The maximum atomic E-state index is 13.8. The first-order valence-corrected chi connectivity index (χ1v) is 5.41. The van der Waals surface area contributed by atoms with Crippen molar-refractivity contribution in [1.29, 1.82) is 0 Å². The minimum Gasteiger partial charge on any atom is -0.368 e. The van der Waals surface area contributed by atoms with Crippen LogP contribution in [0.5, 0.6) is 0 Å². The second-order valence-corrected chi connectivity index (χ2v) is 4.04. The van der Waals surface area contributed by atoms with Crippen molar-refractivity contribution in [2.45, 2.75) is 6.10 Å². The second-order valence-electron chi connectivity index (χ2n) is 4.04. The van der Waals surface area contributed by atoms with Gasteiger partial charge in [-0.05, 0) is 17.7 Å². The number of hydrogen-bond acceptors (Lipinski definition) is 1. The van der Waals surface area contributed by atoms with Gasteiger partial charge in [-0.15, -0.1) is 0 Å². The van der Waals surface area contributed by atoms with Crippen molar-refractivity contribution in [3.63, 3.8) is 0 Å². The number of ether oxygens (including phenoxy) is 1. The van der Waals surface area contributed by atoms with Crippen molar-refractivity contribution >= 4 is 0 Å². The van der Waals surface area contributed by atoms with E-state index in [2.05, 4.69) is 0 Å². The van der Waals surface area contributed by atoms with Crippen LogP contribution in [0, 0.1) is 11.6 Å². The largest absolute Gasteiger partial charge is 0.368 e. The molecule has 86 valence electrons. The Balaban J connectivity index is 2.04. The van der Waals surface area contributed by atoms with Crippen molar-refractivity contribution in [2.24, 2.45) is 0 Å². The Morgan fingerprint density at radius 3 is 2.41 bits per heavy atom. The standard InChI is InChI=1S/C14H10F2O/c15-12-4-2-1-3-10(12)9-5-6-11(13(16)7-9)14-8-17-14/h1-7,14H,8H2. The third kappa shape index (κ3) is 1.94. The van der Waals surface area contributed by atoms with Crippen molar-refractivity contribution in [3.8, 4) is 11.1 Å². The van der Waals surface area contributed by atoms with Crippen molar-refractivity contribution < 1.29 is 13.5 Å². The van der Waals surface area contributed by atoms with E-state index in [9.17, 15) is 8.78 Å². The number of rotatable bonds is 2. The second kappa shape index (κ2) is 3.93. The highest BCUT2D eigenvalue weighted by Crippen LogP contribution is 2.34. The van der Waals surface area contributed by atoms with Gasteiger partial charge < -0.3 is 4.74 Å². The Morgan fingerprint density at radius 1 is 1.00 bits per heavy atom. The fraction of sp³-hybridized carbons (Fsp3) is 0.143. The summed E-state index contributed by atoms with van der Waals surface area (Å²) in [4.78, 5) is 0. The zero-order chi connectivity index (χ0) is 11.8. The molecule has 17 heavy (non-hydrogen) atoms. The highest BCUT2D eigenvalue weighted by Gasteiger charge is 2.27. The molecule has 1 aliphatic rings. The quantitative estimate of drug-likeness (QED) is 0.719. The van der Waals surface area contributed by atoms with Crippen LogP contribution in [-0.2, 0) is 4.74 Å². The summed E-state index contributed by atoms with van der Waals surface area (Å²) in [5, 5.41) is 0. The average molecular weight is 232 g/mol. The van der Waals surface area contributed by atoms with Crippen LogP contribution in [-0.4, -0.2) is 6.61 Å². The van der Waals surface area contributed by atoms with Gasteiger partial charge in [-0.25, -0.2) is 8.78 Å². The third-order valence-corrected chi connectivity index (χ3v) is 2.87. The summed E-state index contributed by atoms with van der Waals surface area (Å²) in [5.74, 6) is -0.685. The Labute approximate surface area is 97.7 Å². The highest BCUT2D eigenvalue weighted by molar-refractivity contribution is 5.64. The van der Waals surface area contributed by atoms with Gasteiger partial charge in [0.1, 0.15) is 17.7 Å². The maximum absolute atomic E-state index is 13.8. The van der Waals surface area contributed by atoms with Gasteiger partial charge in [0.15, 0.2) is 0 Å². The predicted octanol–water partition coefficient (Wildman–Crippen LogP) is 3.70. The molecule has 1 aliphatic heterocycles. The van der Waals surface area contributed by atoms with E-state index in [0.29, 0.717) is 23.3 Å². The van der Waals surface area contributed by atoms with Crippen molar-refractivity contribution in [2.75, 3.05) is 6.61 Å². The van der Waals surface area contributed by atoms with E-state index in [1.54, 1.807) is 30.3 Å². The maximum Gasteiger partial charge on any atom is 0.131 e. The number of halogens is 2. The molecular weight excluding hydrogens is 222 g/mol. The van der Waals surface area contributed by atoms with Crippen molar-refractivity contribution in [3.05, 3.63) is 59.7 Å². The molecule has 1 fully saturated rings. The molecule has 1 atom stereocenters. The molecule has 0 radical (unpaired) electrons. The molecule has 0 spiro atoms. The molecule has 0 aliphatic carbocycles. The van der Waals surface area contributed by atoms with Gasteiger partial charge in [0.2, 0.25) is 0 Å². The van der Waals surface area contributed by atoms with E-state index in [1.165, 1.54) is 12.1 Å². The summed E-state index contributed by atoms with van der Waals surface area (Å²) in [7, 11) is 0. The Kier molecular flexibility index (Phi) is 2.41. The van der Waals surface area contributed by atoms with Gasteiger partial charge >= 0.3 is 0 Å². The first-order chi connectivity index (χ1) is 8.25. The molecule has 1 unspecified atom stereocenters. The van der Waals surface area contributed by atoms with E-state index >= 15 is 0 Å². The third-order valence-electron chi connectivity index (χ3n) is 2.87. The molecule has 2 aromatic carbocycles.